The summed E-state index contributed by atoms with van der Waals surface area (Å²) in [6, 6.07) is 0. The molecular formula is C6H12O5. The summed E-state index contributed by atoms with van der Waals surface area (Å²) in [5.41, 5.74) is 0. The Kier molecular flexibility index (Phi) is 3.84. The fourth-order valence-corrected chi connectivity index (χ4v) is 0.337. The van der Waals surface area contributed by atoms with Crippen LogP contribution in [0.2, 0.25) is 0 Å². The first kappa shape index (κ1) is 10.2. The zero-order valence-corrected chi connectivity index (χ0v) is 6.79. The van der Waals surface area contributed by atoms with Crippen LogP contribution in [0.3, 0.4) is 0 Å². The van der Waals surface area contributed by atoms with Gasteiger partial charge in [0.15, 0.2) is 0 Å². The number of ether oxygens (including phenoxy) is 1. The van der Waals surface area contributed by atoms with Crippen LogP contribution in [0.25, 0.3) is 0 Å². The molecule has 0 aliphatic rings. The van der Waals surface area contributed by atoms with E-state index in [4.69, 9.17) is 5.11 Å². The van der Waals surface area contributed by atoms with Gasteiger partial charge >= 0.3 is 6.16 Å². The van der Waals surface area contributed by atoms with E-state index in [1.54, 1.807) is 6.92 Å². The molecule has 0 rings (SSSR count). The lowest BCUT2D eigenvalue weighted by molar-refractivity contribution is -0.261. The Morgan fingerprint density at radius 2 is 2.18 bits per heavy atom. The van der Waals surface area contributed by atoms with Crippen LogP contribution in [0, 0.1) is 0 Å². The Hall–Kier alpha value is -0.810. The third-order valence-corrected chi connectivity index (χ3v) is 1.11. The smallest absolute Gasteiger partial charge is 0.400 e. The molecule has 0 fully saturated rings. The second-order valence-corrected chi connectivity index (χ2v) is 2.13. The molecule has 0 aliphatic heterocycles. The monoisotopic (exact) mass is 164 g/mol. The standard InChI is InChI=1S/C6H12O5/c1-4-6(2,8)10-5(7)11-9-3/h8H,4H2,1-3H3. The van der Waals surface area contributed by atoms with Gasteiger partial charge in [-0.15, -0.1) is 0 Å². The first-order valence-corrected chi connectivity index (χ1v) is 3.18. The molecule has 0 amide bonds. The van der Waals surface area contributed by atoms with E-state index in [2.05, 4.69) is 14.5 Å². The Labute approximate surface area is 64.8 Å². The van der Waals surface area contributed by atoms with Crippen molar-refractivity contribution in [3.05, 3.63) is 0 Å². The van der Waals surface area contributed by atoms with Gasteiger partial charge < -0.3 is 9.84 Å². The van der Waals surface area contributed by atoms with Crippen LogP contribution in [-0.4, -0.2) is 24.2 Å². The minimum atomic E-state index is -1.49. The van der Waals surface area contributed by atoms with Crippen molar-refractivity contribution in [1.82, 2.24) is 0 Å². The van der Waals surface area contributed by atoms with Crippen LogP contribution in [0.5, 0.6) is 0 Å². The van der Waals surface area contributed by atoms with Crippen LogP contribution in [0.1, 0.15) is 20.3 Å². The first-order chi connectivity index (χ1) is 5.02. The SMILES string of the molecule is CCC(C)(O)OC(=O)OOC. The van der Waals surface area contributed by atoms with Crippen molar-refractivity contribution < 1.29 is 24.4 Å². The molecule has 0 aromatic rings. The van der Waals surface area contributed by atoms with Crippen LogP contribution < -0.4 is 0 Å². The maximum absolute atomic E-state index is 10.5. The minimum absolute atomic E-state index is 0.284. The van der Waals surface area contributed by atoms with E-state index < -0.39 is 11.9 Å². The molecule has 11 heavy (non-hydrogen) atoms. The number of rotatable bonds is 3. The summed E-state index contributed by atoms with van der Waals surface area (Å²) in [5.74, 6) is -1.49. The van der Waals surface area contributed by atoms with E-state index in [9.17, 15) is 4.79 Å². The Balaban J connectivity index is 3.74. The van der Waals surface area contributed by atoms with Gasteiger partial charge in [0.25, 0.3) is 0 Å². The van der Waals surface area contributed by atoms with E-state index in [-0.39, 0.29) is 6.42 Å². The molecule has 1 atom stereocenters. The quantitative estimate of drug-likeness (QED) is 0.289. The lowest BCUT2D eigenvalue weighted by Crippen LogP contribution is -2.30. The molecule has 0 spiro atoms. The Morgan fingerprint density at radius 3 is 2.55 bits per heavy atom. The Morgan fingerprint density at radius 1 is 1.64 bits per heavy atom. The van der Waals surface area contributed by atoms with E-state index in [1.807, 2.05) is 0 Å². The van der Waals surface area contributed by atoms with Gasteiger partial charge in [0, 0.05) is 13.3 Å². The molecule has 0 aromatic carbocycles. The average molecular weight is 164 g/mol. The molecule has 0 radical (unpaired) electrons. The van der Waals surface area contributed by atoms with Gasteiger partial charge in [0.05, 0.1) is 7.11 Å². The van der Waals surface area contributed by atoms with Gasteiger partial charge in [-0.25, -0.2) is 4.79 Å². The van der Waals surface area contributed by atoms with E-state index in [0.29, 0.717) is 0 Å². The van der Waals surface area contributed by atoms with Crippen molar-refractivity contribution in [3.63, 3.8) is 0 Å². The van der Waals surface area contributed by atoms with Gasteiger partial charge in [-0.3, -0.25) is 4.89 Å². The van der Waals surface area contributed by atoms with E-state index >= 15 is 0 Å². The maximum Gasteiger partial charge on any atom is 0.542 e. The topological polar surface area (TPSA) is 65.0 Å². The lowest BCUT2D eigenvalue weighted by atomic mass is 10.2. The summed E-state index contributed by atoms with van der Waals surface area (Å²) in [6.45, 7) is 3.02. The van der Waals surface area contributed by atoms with Crippen LogP contribution in [0.15, 0.2) is 0 Å². The molecular weight excluding hydrogens is 152 g/mol. The van der Waals surface area contributed by atoms with E-state index in [1.165, 1.54) is 14.0 Å². The van der Waals surface area contributed by atoms with Gasteiger partial charge in [0.1, 0.15) is 0 Å². The maximum atomic E-state index is 10.5. The summed E-state index contributed by atoms with van der Waals surface area (Å²) in [5, 5.41) is 9.14. The summed E-state index contributed by atoms with van der Waals surface area (Å²) >= 11 is 0. The average Bonchev–Trinajstić information content (AvgIpc) is 1.87. The summed E-state index contributed by atoms with van der Waals surface area (Å²) < 4.78 is 4.40. The van der Waals surface area contributed by atoms with Gasteiger partial charge in [-0.1, -0.05) is 6.92 Å². The molecule has 5 nitrogen and oxygen atoms in total. The second-order valence-electron chi connectivity index (χ2n) is 2.13. The summed E-state index contributed by atoms with van der Waals surface area (Å²) in [6.07, 6.45) is -0.773. The third-order valence-electron chi connectivity index (χ3n) is 1.11. The van der Waals surface area contributed by atoms with Crippen LogP contribution in [-0.2, 0) is 14.5 Å². The molecule has 66 valence electrons. The molecule has 5 heteroatoms. The number of carbonyl (C=O) groups is 1. The largest absolute Gasteiger partial charge is 0.542 e. The van der Waals surface area contributed by atoms with Crippen molar-refractivity contribution in [2.45, 2.75) is 26.1 Å². The van der Waals surface area contributed by atoms with E-state index in [0.717, 1.165) is 0 Å². The highest BCUT2D eigenvalue weighted by molar-refractivity contribution is 5.59. The first-order valence-electron chi connectivity index (χ1n) is 3.18. The molecule has 0 saturated carbocycles. The van der Waals surface area contributed by atoms with Crippen molar-refractivity contribution in [1.29, 1.82) is 0 Å². The molecule has 0 aliphatic carbocycles. The second kappa shape index (κ2) is 4.15. The van der Waals surface area contributed by atoms with Gasteiger partial charge in [0.2, 0.25) is 5.79 Å². The zero-order valence-electron chi connectivity index (χ0n) is 6.79. The van der Waals surface area contributed by atoms with Crippen LogP contribution in [0.4, 0.5) is 4.79 Å². The number of carbonyl (C=O) groups excluding carboxylic acids is 1. The van der Waals surface area contributed by atoms with Gasteiger partial charge in [-0.05, 0) is 0 Å². The van der Waals surface area contributed by atoms with Crippen LogP contribution >= 0.6 is 0 Å². The highest BCUT2D eigenvalue weighted by atomic mass is 17.2. The normalized spacial score (nSPS) is 15.3. The van der Waals surface area contributed by atoms with Crippen molar-refractivity contribution >= 4 is 6.16 Å². The summed E-state index contributed by atoms with van der Waals surface area (Å²) in [7, 11) is 1.17. The lowest BCUT2D eigenvalue weighted by Gasteiger charge is -2.19. The highest BCUT2D eigenvalue weighted by Gasteiger charge is 2.24. The van der Waals surface area contributed by atoms with Crippen molar-refractivity contribution in [2.75, 3.05) is 7.11 Å². The fourth-order valence-electron chi connectivity index (χ4n) is 0.337. The minimum Gasteiger partial charge on any atom is -0.400 e. The highest BCUT2D eigenvalue weighted by Crippen LogP contribution is 2.10. The molecule has 0 heterocycles. The zero-order chi connectivity index (χ0) is 8.91. The number of hydrogen-bond acceptors (Lipinski definition) is 5. The Bertz CT molecular complexity index is 131. The molecule has 0 aromatic heterocycles. The summed E-state index contributed by atoms with van der Waals surface area (Å²) in [4.78, 5) is 18.5. The number of aliphatic hydroxyl groups is 1. The third kappa shape index (κ3) is 4.58. The predicted octanol–water partition coefficient (Wildman–Crippen LogP) is 0.819. The molecule has 0 bridgehead atoms. The molecule has 1 unspecified atom stereocenters. The van der Waals surface area contributed by atoms with Crippen molar-refractivity contribution in [3.8, 4) is 0 Å². The molecule has 1 N–H and O–H groups in total. The fraction of sp³-hybridized carbons (Fsp3) is 0.833. The van der Waals surface area contributed by atoms with Crippen molar-refractivity contribution in [2.24, 2.45) is 0 Å². The predicted molar refractivity (Wildman–Crippen MR) is 35.5 cm³/mol. The molecule has 0 saturated heterocycles. The van der Waals surface area contributed by atoms with Gasteiger partial charge in [-0.2, -0.15) is 4.89 Å². The number of hydrogen-bond donors (Lipinski definition) is 1.